The van der Waals surface area contributed by atoms with E-state index in [2.05, 4.69) is 32.4 Å². The summed E-state index contributed by atoms with van der Waals surface area (Å²) in [4.78, 5) is 21.4. The second kappa shape index (κ2) is 8.21. The molecule has 0 aliphatic carbocycles. The first-order chi connectivity index (χ1) is 13.2. The van der Waals surface area contributed by atoms with Crippen LogP contribution < -0.4 is 5.32 Å². The Morgan fingerprint density at radius 3 is 2.59 bits per heavy atom. The van der Waals surface area contributed by atoms with Crippen LogP contribution in [0.15, 0.2) is 46.5 Å². The fourth-order valence-electron chi connectivity index (χ4n) is 3.08. The third kappa shape index (κ3) is 4.55. The molecule has 0 unspecified atom stereocenters. The summed E-state index contributed by atoms with van der Waals surface area (Å²) in [6, 6.07) is 9.98. The van der Waals surface area contributed by atoms with Gasteiger partial charge in [-0.05, 0) is 30.5 Å². The largest absolute Gasteiger partial charge is 0.322 e. The molecule has 2 aromatic heterocycles. The van der Waals surface area contributed by atoms with Crippen molar-refractivity contribution in [3.63, 3.8) is 0 Å². The first kappa shape index (κ1) is 18.2. The number of hydrogen-bond donors (Lipinski definition) is 1. The van der Waals surface area contributed by atoms with Gasteiger partial charge in [-0.25, -0.2) is 9.78 Å². The van der Waals surface area contributed by atoms with Crippen molar-refractivity contribution in [2.24, 2.45) is 0 Å². The van der Waals surface area contributed by atoms with Gasteiger partial charge in [-0.2, -0.15) is 11.3 Å². The number of carbonyl (C=O) groups excluding carboxylic acids is 1. The van der Waals surface area contributed by atoms with Gasteiger partial charge in [-0.15, -0.1) is 11.3 Å². The number of piperazine rings is 1. The molecule has 1 aliphatic heterocycles. The second-order valence-electron chi connectivity index (χ2n) is 6.72. The summed E-state index contributed by atoms with van der Waals surface area (Å²) in [6.45, 7) is 6.09. The molecule has 3 heterocycles. The number of carbonyl (C=O) groups is 1. The molecule has 0 atom stereocenters. The molecule has 1 aliphatic rings. The van der Waals surface area contributed by atoms with Gasteiger partial charge in [0.15, 0.2) is 0 Å². The number of nitrogens with zero attached hydrogens (tertiary/aromatic N) is 3. The van der Waals surface area contributed by atoms with E-state index in [4.69, 9.17) is 4.98 Å². The fraction of sp³-hybridized carbons (Fsp3) is 0.300. The zero-order chi connectivity index (χ0) is 18.6. The van der Waals surface area contributed by atoms with Crippen molar-refractivity contribution in [1.82, 2.24) is 14.8 Å². The number of hydrogen-bond acceptors (Lipinski definition) is 5. The lowest BCUT2D eigenvalue weighted by atomic mass is 10.2. The van der Waals surface area contributed by atoms with Crippen LogP contribution in [0.5, 0.6) is 0 Å². The molecule has 5 nitrogen and oxygen atoms in total. The van der Waals surface area contributed by atoms with Gasteiger partial charge in [0.2, 0.25) is 0 Å². The Morgan fingerprint density at radius 2 is 1.89 bits per heavy atom. The normalized spacial score (nSPS) is 15.1. The summed E-state index contributed by atoms with van der Waals surface area (Å²) in [5.41, 5.74) is 4.34. The smallest absolute Gasteiger partial charge is 0.321 e. The SMILES string of the molecule is Cc1ccc(NC(=O)N2CCN(Cc3csc(-c4ccsc4)n3)CC2)cc1. The standard InChI is InChI=1S/C20H22N4OS2/c1-15-2-4-17(5-3-15)22-20(25)24-9-7-23(8-10-24)12-18-14-27-19(21-18)16-6-11-26-13-16/h2-6,11,13-14H,7-10,12H2,1H3,(H,22,25). The van der Waals surface area contributed by atoms with Gasteiger partial charge in [-0.1, -0.05) is 17.7 Å². The zero-order valence-electron chi connectivity index (χ0n) is 15.2. The second-order valence-corrected chi connectivity index (χ2v) is 8.35. The van der Waals surface area contributed by atoms with E-state index < -0.39 is 0 Å². The van der Waals surface area contributed by atoms with Gasteiger partial charge in [0, 0.05) is 54.7 Å². The summed E-state index contributed by atoms with van der Waals surface area (Å²) in [6.07, 6.45) is 0. The summed E-state index contributed by atoms with van der Waals surface area (Å²) in [5.74, 6) is 0. The molecule has 0 bridgehead atoms. The molecule has 0 spiro atoms. The Balaban J connectivity index is 1.27. The lowest BCUT2D eigenvalue weighted by Gasteiger charge is -2.34. The molecule has 1 aromatic carbocycles. The summed E-state index contributed by atoms with van der Waals surface area (Å²) in [5, 5.41) is 10.4. The van der Waals surface area contributed by atoms with Crippen LogP contribution in [-0.2, 0) is 6.54 Å². The number of benzene rings is 1. The van der Waals surface area contributed by atoms with E-state index in [9.17, 15) is 4.79 Å². The molecule has 2 amide bonds. The minimum atomic E-state index is -0.0214. The van der Waals surface area contributed by atoms with Gasteiger partial charge in [-0.3, -0.25) is 4.90 Å². The number of rotatable bonds is 4. The maximum atomic E-state index is 12.4. The highest BCUT2D eigenvalue weighted by Gasteiger charge is 2.21. The number of thiophene rings is 1. The highest BCUT2D eigenvalue weighted by Crippen LogP contribution is 2.26. The van der Waals surface area contributed by atoms with E-state index in [1.165, 1.54) is 11.1 Å². The predicted octanol–water partition coefficient (Wildman–Crippen LogP) is 4.53. The molecular formula is C20H22N4OS2. The lowest BCUT2D eigenvalue weighted by molar-refractivity contribution is 0.142. The van der Waals surface area contributed by atoms with E-state index >= 15 is 0 Å². The lowest BCUT2D eigenvalue weighted by Crippen LogP contribution is -2.49. The van der Waals surface area contributed by atoms with E-state index in [1.807, 2.05) is 36.1 Å². The Labute approximate surface area is 167 Å². The number of amides is 2. The van der Waals surface area contributed by atoms with Gasteiger partial charge < -0.3 is 10.2 Å². The van der Waals surface area contributed by atoms with E-state index in [-0.39, 0.29) is 6.03 Å². The molecule has 4 rings (SSSR count). The average molecular weight is 399 g/mol. The molecule has 1 saturated heterocycles. The van der Waals surface area contributed by atoms with Crippen LogP contribution in [0.1, 0.15) is 11.3 Å². The molecule has 140 valence electrons. The Bertz CT molecular complexity index is 881. The number of nitrogens with one attached hydrogen (secondary N) is 1. The molecule has 0 radical (unpaired) electrons. The van der Waals surface area contributed by atoms with Crippen LogP contribution in [0.25, 0.3) is 10.6 Å². The van der Waals surface area contributed by atoms with Crippen LogP contribution in [0.2, 0.25) is 0 Å². The third-order valence-electron chi connectivity index (χ3n) is 4.67. The number of anilines is 1. The average Bonchev–Trinajstić information content (AvgIpc) is 3.36. The van der Waals surface area contributed by atoms with Crippen molar-refractivity contribution in [3.05, 3.63) is 57.7 Å². The third-order valence-corrected chi connectivity index (χ3v) is 6.29. The summed E-state index contributed by atoms with van der Waals surface area (Å²) in [7, 11) is 0. The summed E-state index contributed by atoms with van der Waals surface area (Å²) < 4.78 is 0. The van der Waals surface area contributed by atoms with Gasteiger partial charge in [0.25, 0.3) is 0 Å². The summed E-state index contributed by atoms with van der Waals surface area (Å²) >= 11 is 3.39. The number of aromatic nitrogens is 1. The van der Waals surface area contributed by atoms with Gasteiger partial charge in [0.1, 0.15) is 5.01 Å². The maximum absolute atomic E-state index is 12.4. The minimum absolute atomic E-state index is 0.0214. The Hall–Kier alpha value is -2.22. The van der Waals surface area contributed by atoms with E-state index in [1.54, 1.807) is 22.7 Å². The maximum Gasteiger partial charge on any atom is 0.321 e. The molecule has 1 fully saturated rings. The first-order valence-corrected chi connectivity index (χ1v) is 10.8. The first-order valence-electron chi connectivity index (χ1n) is 8.99. The molecular weight excluding hydrogens is 376 g/mol. The topological polar surface area (TPSA) is 48.5 Å². The fourth-order valence-corrected chi connectivity index (χ4v) is 4.60. The predicted molar refractivity (Wildman–Crippen MR) is 112 cm³/mol. The van der Waals surface area contributed by atoms with Gasteiger partial charge >= 0.3 is 6.03 Å². The van der Waals surface area contributed by atoms with Gasteiger partial charge in [0.05, 0.1) is 5.69 Å². The van der Waals surface area contributed by atoms with E-state index in [0.717, 1.165) is 49.1 Å². The minimum Gasteiger partial charge on any atom is -0.322 e. The van der Waals surface area contributed by atoms with E-state index in [0.29, 0.717) is 0 Å². The van der Waals surface area contributed by atoms with Crippen molar-refractivity contribution >= 4 is 34.4 Å². The van der Waals surface area contributed by atoms with Crippen molar-refractivity contribution < 1.29 is 4.79 Å². The van der Waals surface area contributed by atoms with Crippen LogP contribution >= 0.6 is 22.7 Å². The quantitative estimate of drug-likeness (QED) is 0.702. The molecule has 1 N–H and O–H groups in total. The number of thiazole rings is 1. The molecule has 3 aromatic rings. The highest BCUT2D eigenvalue weighted by molar-refractivity contribution is 7.14. The Kier molecular flexibility index (Phi) is 5.52. The molecule has 27 heavy (non-hydrogen) atoms. The molecule has 7 heteroatoms. The monoisotopic (exact) mass is 398 g/mol. The molecule has 0 saturated carbocycles. The van der Waals surface area contributed by atoms with Crippen molar-refractivity contribution in [2.45, 2.75) is 13.5 Å². The number of urea groups is 1. The van der Waals surface area contributed by atoms with Crippen LogP contribution in [-0.4, -0.2) is 47.0 Å². The number of aryl methyl sites for hydroxylation is 1. The van der Waals surface area contributed by atoms with Crippen LogP contribution in [0, 0.1) is 6.92 Å². The van der Waals surface area contributed by atoms with Crippen molar-refractivity contribution in [3.8, 4) is 10.6 Å². The van der Waals surface area contributed by atoms with Crippen LogP contribution in [0.4, 0.5) is 10.5 Å². The Morgan fingerprint density at radius 1 is 1.11 bits per heavy atom. The van der Waals surface area contributed by atoms with Crippen molar-refractivity contribution in [1.29, 1.82) is 0 Å². The highest BCUT2D eigenvalue weighted by atomic mass is 32.1. The van der Waals surface area contributed by atoms with Crippen molar-refractivity contribution in [2.75, 3.05) is 31.5 Å². The zero-order valence-corrected chi connectivity index (χ0v) is 16.9. The van der Waals surface area contributed by atoms with Crippen LogP contribution in [0.3, 0.4) is 0 Å².